The lowest BCUT2D eigenvalue weighted by Crippen LogP contribution is -2.12. The van der Waals surface area contributed by atoms with E-state index in [1.165, 1.54) is 11.1 Å². The quantitative estimate of drug-likeness (QED) is 0.631. The first-order valence-electron chi connectivity index (χ1n) is 7.60. The highest BCUT2D eigenvalue weighted by molar-refractivity contribution is 5.74. The second kappa shape index (κ2) is 6.22. The molecule has 0 N–H and O–H groups in total. The first-order chi connectivity index (χ1) is 10.7. The van der Waals surface area contributed by atoms with Crippen molar-refractivity contribution in [2.24, 2.45) is 0 Å². The number of hydrogen-bond donors (Lipinski definition) is 0. The molecule has 0 spiro atoms. The van der Waals surface area contributed by atoms with Crippen LogP contribution in [0.15, 0.2) is 42.5 Å². The second-order valence-electron chi connectivity index (χ2n) is 5.77. The number of carbonyl (C=O) groups is 1. The summed E-state index contributed by atoms with van der Waals surface area (Å²) in [6.45, 7) is 1.98. The van der Waals surface area contributed by atoms with E-state index in [1.807, 2.05) is 25.1 Å². The summed E-state index contributed by atoms with van der Waals surface area (Å²) in [6.07, 6.45) is 2.47. The Morgan fingerprint density at radius 2 is 2.00 bits per heavy atom. The van der Waals surface area contributed by atoms with E-state index in [0.29, 0.717) is 17.9 Å². The molecule has 3 heteroatoms. The molecule has 114 valence electrons. The number of fused-ring (bicyclic) bond motifs is 1. The van der Waals surface area contributed by atoms with E-state index in [4.69, 9.17) is 9.47 Å². The summed E-state index contributed by atoms with van der Waals surface area (Å²) < 4.78 is 10.8. The fourth-order valence-electron chi connectivity index (χ4n) is 3.08. The molecule has 1 atom stereocenters. The molecular weight excluding hydrogens is 276 g/mol. The van der Waals surface area contributed by atoms with Gasteiger partial charge in [-0.05, 0) is 54.5 Å². The summed E-state index contributed by atoms with van der Waals surface area (Å²) >= 11 is 0. The third kappa shape index (κ3) is 2.98. The van der Waals surface area contributed by atoms with Crippen molar-refractivity contribution >= 4 is 5.97 Å². The lowest BCUT2D eigenvalue weighted by molar-refractivity contribution is -0.134. The van der Waals surface area contributed by atoms with E-state index in [1.54, 1.807) is 13.2 Å². The third-order valence-corrected chi connectivity index (χ3v) is 4.21. The first kappa shape index (κ1) is 14.6. The maximum Gasteiger partial charge on any atom is 0.311 e. The number of hydrogen-bond acceptors (Lipinski definition) is 3. The highest BCUT2D eigenvalue weighted by Crippen LogP contribution is 2.36. The van der Waals surface area contributed by atoms with Gasteiger partial charge in [0.05, 0.1) is 13.5 Å². The predicted octanol–water partition coefficient (Wildman–Crippen LogP) is 4.03. The minimum Gasteiger partial charge on any atom is -0.493 e. The fourth-order valence-corrected chi connectivity index (χ4v) is 3.08. The van der Waals surface area contributed by atoms with Crippen molar-refractivity contribution in [1.82, 2.24) is 0 Å². The molecule has 1 unspecified atom stereocenters. The van der Waals surface area contributed by atoms with Gasteiger partial charge >= 0.3 is 5.97 Å². The summed E-state index contributed by atoms with van der Waals surface area (Å²) in [5.74, 6) is 1.15. The Morgan fingerprint density at radius 1 is 1.18 bits per heavy atom. The summed E-state index contributed by atoms with van der Waals surface area (Å²) in [4.78, 5) is 12.3. The van der Waals surface area contributed by atoms with Crippen LogP contribution in [0.2, 0.25) is 0 Å². The van der Waals surface area contributed by atoms with Gasteiger partial charge in [-0.3, -0.25) is 4.79 Å². The fraction of sp³-hybridized carbons (Fsp3) is 0.316. The highest BCUT2D eigenvalue weighted by atomic mass is 16.6. The molecule has 1 aliphatic carbocycles. The number of methoxy groups -OCH3 is 1. The lowest BCUT2D eigenvalue weighted by Gasteiger charge is -2.13. The highest BCUT2D eigenvalue weighted by Gasteiger charge is 2.25. The molecule has 0 saturated heterocycles. The molecule has 2 aromatic carbocycles. The van der Waals surface area contributed by atoms with Gasteiger partial charge in [-0.15, -0.1) is 0 Å². The molecule has 3 rings (SSSR count). The molecule has 3 nitrogen and oxygen atoms in total. The average Bonchev–Trinajstić information content (AvgIpc) is 2.92. The van der Waals surface area contributed by atoms with Gasteiger partial charge < -0.3 is 9.47 Å². The van der Waals surface area contributed by atoms with E-state index >= 15 is 0 Å². The Labute approximate surface area is 130 Å². The van der Waals surface area contributed by atoms with Crippen LogP contribution in [0.4, 0.5) is 0 Å². The van der Waals surface area contributed by atoms with Crippen molar-refractivity contribution in [3.05, 3.63) is 59.2 Å². The Hall–Kier alpha value is -2.29. The Bertz CT molecular complexity index is 691. The van der Waals surface area contributed by atoms with E-state index in [0.717, 1.165) is 18.4 Å². The molecule has 0 amide bonds. The first-order valence-corrected chi connectivity index (χ1v) is 7.60. The molecular formula is C19H20O3. The monoisotopic (exact) mass is 296 g/mol. The number of carbonyl (C=O) groups excluding carboxylic acids is 1. The van der Waals surface area contributed by atoms with E-state index in [2.05, 4.69) is 18.2 Å². The van der Waals surface area contributed by atoms with Crippen molar-refractivity contribution in [3.8, 4) is 11.5 Å². The molecule has 0 aliphatic heterocycles. The van der Waals surface area contributed by atoms with Crippen molar-refractivity contribution in [3.63, 3.8) is 0 Å². The second-order valence-corrected chi connectivity index (χ2v) is 5.77. The van der Waals surface area contributed by atoms with E-state index < -0.39 is 0 Å². The van der Waals surface area contributed by atoms with Crippen molar-refractivity contribution in [1.29, 1.82) is 0 Å². The van der Waals surface area contributed by atoms with Crippen molar-refractivity contribution in [2.45, 2.75) is 32.1 Å². The van der Waals surface area contributed by atoms with Crippen molar-refractivity contribution < 1.29 is 14.3 Å². The van der Waals surface area contributed by atoms with E-state index in [-0.39, 0.29) is 11.9 Å². The minimum atomic E-state index is -0.205. The van der Waals surface area contributed by atoms with Crippen LogP contribution < -0.4 is 9.47 Å². The van der Waals surface area contributed by atoms with Crippen molar-refractivity contribution in [2.75, 3.05) is 7.11 Å². The average molecular weight is 296 g/mol. The molecule has 2 aromatic rings. The van der Waals surface area contributed by atoms with Gasteiger partial charge in [0.25, 0.3) is 0 Å². The molecule has 22 heavy (non-hydrogen) atoms. The summed E-state index contributed by atoms with van der Waals surface area (Å²) in [5, 5.41) is 0. The zero-order valence-corrected chi connectivity index (χ0v) is 13.0. The van der Waals surface area contributed by atoms with Crippen LogP contribution in [0.25, 0.3) is 0 Å². The van der Waals surface area contributed by atoms with Gasteiger partial charge in [-0.25, -0.2) is 0 Å². The molecule has 0 aromatic heterocycles. The molecule has 0 bridgehead atoms. The van der Waals surface area contributed by atoms with Crippen LogP contribution in [0.5, 0.6) is 11.5 Å². The largest absolute Gasteiger partial charge is 0.493 e. The molecule has 0 radical (unpaired) electrons. The molecule has 0 fully saturated rings. The lowest BCUT2D eigenvalue weighted by atomic mass is 9.98. The van der Waals surface area contributed by atoms with Gasteiger partial charge in [0.2, 0.25) is 0 Å². The number of benzene rings is 2. The number of esters is 1. The van der Waals surface area contributed by atoms with Crippen LogP contribution >= 0.6 is 0 Å². The zero-order chi connectivity index (χ0) is 15.5. The SMILES string of the molecule is COc1cc(C)ccc1OC(=O)CC1CCc2ccccc21. The van der Waals surface area contributed by atoms with E-state index in [9.17, 15) is 4.79 Å². The van der Waals surface area contributed by atoms with Crippen LogP contribution in [0.3, 0.4) is 0 Å². The Kier molecular flexibility index (Phi) is 4.14. The third-order valence-electron chi connectivity index (χ3n) is 4.21. The zero-order valence-electron chi connectivity index (χ0n) is 13.0. The summed E-state index contributed by atoms with van der Waals surface area (Å²) in [5.41, 5.74) is 3.71. The van der Waals surface area contributed by atoms with Crippen LogP contribution in [0.1, 0.15) is 35.4 Å². The number of ether oxygens (including phenoxy) is 2. The molecule has 1 aliphatic rings. The minimum absolute atomic E-state index is 0.205. The topological polar surface area (TPSA) is 35.5 Å². The predicted molar refractivity (Wildman–Crippen MR) is 85.5 cm³/mol. The Morgan fingerprint density at radius 3 is 2.82 bits per heavy atom. The number of rotatable bonds is 4. The van der Waals surface area contributed by atoms with Crippen LogP contribution in [0, 0.1) is 6.92 Å². The molecule has 0 heterocycles. The van der Waals surface area contributed by atoms with Gasteiger partial charge in [0.15, 0.2) is 11.5 Å². The van der Waals surface area contributed by atoms with Gasteiger partial charge in [0, 0.05) is 0 Å². The van der Waals surface area contributed by atoms with Crippen LogP contribution in [-0.2, 0) is 11.2 Å². The standard InChI is InChI=1S/C19H20O3/c1-13-7-10-17(18(11-13)21-2)22-19(20)12-15-9-8-14-5-3-4-6-16(14)15/h3-7,10-11,15H,8-9,12H2,1-2H3. The van der Waals surface area contributed by atoms with Gasteiger partial charge in [-0.2, -0.15) is 0 Å². The molecule has 0 saturated carbocycles. The maximum absolute atomic E-state index is 12.3. The summed E-state index contributed by atoms with van der Waals surface area (Å²) in [7, 11) is 1.58. The van der Waals surface area contributed by atoms with Gasteiger partial charge in [-0.1, -0.05) is 30.3 Å². The Balaban J connectivity index is 1.69. The summed E-state index contributed by atoms with van der Waals surface area (Å²) in [6, 6.07) is 13.9. The van der Waals surface area contributed by atoms with Gasteiger partial charge in [0.1, 0.15) is 0 Å². The maximum atomic E-state index is 12.3. The number of aryl methyl sites for hydroxylation is 2. The smallest absolute Gasteiger partial charge is 0.311 e. The normalized spacial score (nSPS) is 16.2. The van der Waals surface area contributed by atoms with Crippen LogP contribution in [-0.4, -0.2) is 13.1 Å².